The lowest BCUT2D eigenvalue weighted by molar-refractivity contribution is -0.138. The number of hydrogen-bond acceptors (Lipinski definition) is 4. The van der Waals surface area contributed by atoms with Gasteiger partial charge < -0.3 is 15.2 Å². The normalized spacial score (nSPS) is 11.1. The van der Waals surface area contributed by atoms with Crippen molar-refractivity contribution < 1.29 is 14.1 Å². The summed E-state index contributed by atoms with van der Waals surface area (Å²) in [6.45, 7) is 7.23. The van der Waals surface area contributed by atoms with Crippen molar-refractivity contribution in [2.75, 3.05) is 5.32 Å². The van der Waals surface area contributed by atoms with Gasteiger partial charge in [-0.3, -0.25) is 9.59 Å². The third-order valence-electron chi connectivity index (χ3n) is 3.54. The van der Waals surface area contributed by atoms with Crippen LogP contribution in [0.3, 0.4) is 0 Å². The molecular weight excluding hydrogens is 294 g/mol. The first kappa shape index (κ1) is 16.7. The molecule has 0 unspecified atom stereocenters. The van der Waals surface area contributed by atoms with E-state index in [0.29, 0.717) is 18.1 Å². The molecule has 1 aromatic heterocycles. The highest BCUT2D eigenvalue weighted by Gasteiger charge is 2.36. The van der Waals surface area contributed by atoms with E-state index in [0.717, 1.165) is 11.1 Å². The molecule has 2 rings (SSSR count). The lowest BCUT2D eigenvalue weighted by Gasteiger charge is -2.22. The van der Waals surface area contributed by atoms with E-state index in [1.165, 1.54) is 0 Å². The fourth-order valence-electron chi connectivity index (χ4n) is 2.03. The predicted octanol–water partition coefficient (Wildman–Crippen LogP) is 2.57. The summed E-state index contributed by atoms with van der Waals surface area (Å²) < 4.78 is 4.89. The van der Waals surface area contributed by atoms with Crippen LogP contribution in [0.5, 0.6) is 0 Å². The zero-order valence-corrected chi connectivity index (χ0v) is 13.8. The summed E-state index contributed by atoms with van der Waals surface area (Å²) >= 11 is 0. The molecule has 0 radical (unpaired) electrons. The number of carbonyl (C=O) groups excluding carboxylic acids is 2. The second-order valence-electron chi connectivity index (χ2n) is 6.07. The number of nitrogens with zero attached hydrogens (tertiary/aromatic N) is 1. The Morgan fingerprint density at radius 3 is 2.52 bits per heavy atom. The van der Waals surface area contributed by atoms with Crippen LogP contribution >= 0.6 is 0 Å². The van der Waals surface area contributed by atoms with Crippen LogP contribution < -0.4 is 10.6 Å². The molecule has 0 bridgehead atoms. The maximum atomic E-state index is 12.3. The molecule has 1 aromatic carbocycles. The van der Waals surface area contributed by atoms with Crippen molar-refractivity contribution >= 4 is 17.6 Å². The molecule has 122 valence electrons. The lowest BCUT2D eigenvalue weighted by atomic mass is 9.91. The molecule has 0 fully saturated rings. The van der Waals surface area contributed by atoms with Gasteiger partial charge in [-0.15, -0.1) is 0 Å². The molecule has 6 heteroatoms. The van der Waals surface area contributed by atoms with Crippen LogP contribution in [0, 0.1) is 19.3 Å². The van der Waals surface area contributed by atoms with Crippen LogP contribution in [0.4, 0.5) is 5.82 Å². The smallest absolute Gasteiger partial charge is 0.240 e. The Bertz CT molecular complexity index is 719. The van der Waals surface area contributed by atoms with E-state index in [-0.39, 0.29) is 5.91 Å². The van der Waals surface area contributed by atoms with E-state index < -0.39 is 11.3 Å². The van der Waals surface area contributed by atoms with Gasteiger partial charge in [0.05, 0.1) is 0 Å². The molecular formula is C17H21N3O3. The summed E-state index contributed by atoms with van der Waals surface area (Å²) in [5.41, 5.74) is 0.883. The van der Waals surface area contributed by atoms with Crippen molar-refractivity contribution in [3.8, 4) is 0 Å². The van der Waals surface area contributed by atoms with E-state index in [9.17, 15) is 9.59 Å². The first-order valence-electron chi connectivity index (χ1n) is 7.37. The second kappa shape index (κ2) is 6.64. The molecule has 2 N–H and O–H groups in total. The fraction of sp³-hybridized carbons (Fsp3) is 0.353. The molecule has 0 aliphatic carbocycles. The minimum absolute atomic E-state index is 0.298. The molecule has 0 saturated heterocycles. The number of amides is 2. The molecule has 2 aromatic rings. The van der Waals surface area contributed by atoms with Gasteiger partial charge in [-0.1, -0.05) is 35.0 Å². The van der Waals surface area contributed by atoms with Crippen molar-refractivity contribution in [3.63, 3.8) is 0 Å². The third-order valence-corrected chi connectivity index (χ3v) is 3.54. The van der Waals surface area contributed by atoms with Gasteiger partial charge in [-0.2, -0.15) is 0 Å². The number of benzene rings is 1. The highest BCUT2D eigenvalue weighted by atomic mass is 16.5. The number of aromatic nitrogens is 1. The maximum Gasteiger partial charge on any atom is 0.240 e. The monoisotopic (exact) mass is 315 g/mol. The SMILES string of the molecule is Cc1cccc(CNC(=O)C(C)(C)C(=O)Nc2cc(C)on2)c1. The van der Waals surface area contributed by atoms with Crippen LogP contribution in [0.1, 0.15) is 30.7 Å². The predicted molar refractivity (Wildman–Crippen MR) is 86.7 cm³/mol. The van der Waals surface area contributed by atoms with E-state index in [1.54, 1.807) is 26.8 Å². The van der Waals surface area contributed by atoms with E-state index in [4.69, 9.17) is 4.52 Å². The number of hydrogen-bond donors (Lipinski definition) is 2. The van der Waals surface area contributed by atoms with Crippen LogP contribution in [0.25, 0.3) is 0 Å². The van der Waals surface area contributed by atoms with Crippen molar-refractivity contribution in [3.05, 3.63) is 47.2 Å². The summed E-state index contributed by atoms with van der Waals surface area (Å²) in [6, 6.07) is 9.44. The van der Waals surface area contributed by atoms with Crippen LogP contribution in [0.2, 0.25) is 0 Å². The van der Waals surface area contributed by atoms with Crippen molar-refractivity contribution in [2.24, 2.45) is 5.41 Å². The summed E-state index contributed by atoms with van der Waals surface area (Å²) in [4.78, 5) is 24.6. The molecule has 0 aliphatic heterocycles. The molecule has 0 spiro atoms. The molecule has 0 atom stereocenters. The Labute approximate surface area is 135 Å². The van der Waals surface area contributed by atoms with Gasteiger partial charge in [-0.05, 0) is 33.3 Å². The molecule has 0 saturated carbocycles. The topological polar surface area (TPSA) is 84.2 Å². The number of carbonyl (C=O) groups is 2. The first-order valence-corrected chi connectivity index (χ1v) is 7.37. The summed E-state index contributed by atoms with van der Waals surface area (Å²) in [6.07, 6.45) is 0. The van der Waals surface area contributed by atoms with Gasteiger partial charge in [0, 0.05) is 12.6 Å². The minimum atomic E-state index is -1.23. The van der Waals surface area contributed by atoms with Gasteiger partial charge in [0.2, 0.25) is 11.8 Å². The highest BCUT2D eigenvalue weighted by Crippen LogP contribution is 2.19. The summed E-state index contributed by atoms with van der Waals surface area (Å²) in [5, 5.41) is 9.07. The van der Waals surface area contributed by atoms with E-state index >= 15 is 0 Å². The Kier molecular flexibility index (Phi) is 4.83. The zero-order chi connectivity index (χ0) is 17.0. The van der Waals surface area contributed by atoms with Crippen molar-refractivity contribution in [1.82, 2.24) is 10.5 Å². The molecule has 0 aliphatic rings. The first-order chi connectivity index (χ1) is 10.8. The standard InChI is InChI=1S/C17H21N3O3/c1-11-6-5-7-13(8-11)10-18-15(21)17(3,4)16(22)19-14-9-12(2)23-20-14/h5-9H,10H2,1-4H3,(H,18,21)(H,19,20,22). The van der Waals surface area contributed by atoms with E-state index in [1.807, 2.05) is 31.2 Å². The molecule has 6 nitrogen and oxygen atoms in total. The van der Waals surface area contributed by atoms with Gasteiger partial charge >= 0.3 is 0 Å². The van der Waals surface area contributed by atoms with Gasteiger partial charge in [-0.25, -0.2) is 0 Å². The number of aryl methyl sites for hydroxylation is 2. The van der Waals surface area contributed by atoms with Crippen molar-refractivity contribution in [1.29, 1.82) is 0 Å². The van der Waals surface area contributed by atoms with Gasteiger partial charge in [0.25, 0.3) is 0 Å². The number of anilines is 1. The molecule has 2 amide bonds. The lowest BCUT2D eigenvalue weighted by Crippen LogP contribution is -2.44. The van der Waals surface area contributed by atoms with Crippen molar-refractivity contribution in [2.45, 2.75) is 34.2 Å². The largest absolute Gasteiger partial charge is 0.360 e. The summed E-state index contributed by atoms with van der Waals surface area (Å²) in [5.74, 6) is 0.0957. The van der Waals surface area contributed by atoms with Gasteiger partial charge in [0.15, 0.2) is 5.82 Å². The minimum Gasteiger partial charge on any atom is -0.360 e. The van der Waals surface area contributed by atoms with Crippen LogP contribution in [0.15, 0.2) is 34.9 Å². The zero-order valence-electron chi connectivity index (χ0n) is 13.8. The third kappa shape index (κ3) is 4.18. The maximum absolute atomic E-state index is 12.3. The Morgan fingerprint density at radius 2 is 1.91 bits per heavy atom. The van der Waals surface area contributed by atoms with Gasteiger partial charge in [0.1, 0.15) is 11.2 Å². The van der Waals surface area contributed by atoms with Crippen LogP contribution in [-0.2, 0) is 16.1 Å². The highest BCUT2D eigenvalue weighted by molar-refractivity contribution is 6.09. The second-order valence-corrected chi connectivity index (χ2v) is 6.07. The quantitative estimate of drug-likeness (QED) is 0.831. The molecule has 1 heterocycles. The van der Waals surface area contributed by atoms with Crippen LogP contribution in [-0.4, -0.2) is 17.0 Å². The average Bonchev–Trinajstić information content (AvgIpc) is 2.89. The molecule has 23 heavy (non-hydrogen) atoms. The fourth-order valence-corrected chi connectivity index (χ4v) is 2.03. The number of rotatable bonds is 5. The Morgan fingerprint density at radius 1 is 1.17 bits per heavy atom. The Balaban J connectivity index is 1.97. The Hall–Kier alpha value is -2.63. The number of nitrogens with one attached hydrogen (secondary N) is 2. The summed E-state index contributed by atoms with van der Waals surface area (Å²) in [7, 11) is 0. The van der Waals surface area contributed by atoms with E-state index in [2.05, 4.69) is 15.8 Å². The average molecular weight is 315 g/mol.